The number of nitrogens with one attached hydrogen (secondary N) is 1. The molecule has 1 aromatic carbocycles. The van der Waals surface area contributed by atoms with Gasteiger partial charge in [0.15, 0.2) is 0 Å². The number of thiazole rings is 1. The first-order valence-corrected chi connectivity index (χ1v) is 6.01. The van der Waals surface area contributed by atoms with Gasteiger partial charge in [-0.2, -0.15) is 0 Å². The van der Waals surface area contributed by atoms with Crippen LogP contribution in [-0.4, -0.2) is 16.7 Å². The van der Waals surface area contributed by atoms with Crippen LogP contribution in [0.3, 0.4) is 0 Å². The van der Waals surface area contributed by atoms with Crippen molar-refractivity contribution in [2.75, 3.05) is 11.9 Å². The van der Waals surface area contributed by atoms with Gasteiger partial charge in [-0.3, -0.25) is 0 Å². The predicted molar refractivity (Wildman–Crippen MR) is 66.7 cm³/mol. The molecule has 2 aromatic rings. The smallest absolute Gasteiger partial charge is 0.117 e. The minimum atomic E-state index is -0.123. The van der Waals surface area contributed by atoms with Crippen LogP contribution in [0.5, 0.6) is 0 Å². The van der Waals surface area contributed by atoms with Crippen molar-refractivity contribution >= 4 is 17.0 Å². The van der Waals surface area contributed by atoms with E-state index in [-0.39, 0.29) is 12.6 Å². The molecule has 0 bridgehead atoms. The lowest BCUT2D eigenvalue weighted by Crippen LogP contribution is -2.14. The van der Waals surface area contributed by atoms with Crippen molar-refractivity contribution in [1.29, 1.82) is 0 Å². The van der Waals surface area contributed by atoms with Crippen LogP contribution in [0, 0.1) is 6.92 Å². The van der Waals surface area contributed by atoms with Crippen molar-refractivity contribution in [3.8, 4) is 0 Å². The highest BCUT2D eigenvalue weighted by Crippen LogP contribution is 2.21. The largest absolute Gasteiger partial charge is 0.394 e. The lowest BCUT2D eigenvalue weighted by atomic mass is 10.2. The molecule has 1 heterocycles. The first-order chi connectivity index (χ1) is 7.79. The summed E-state index contributed by atoms with van der Waals surface area (Å²) in [7, 11) is 0. The fourth-order valence-corrected chi connectivity index (χ4v) is 2.21. The predicted octanol–water partition coefficient (Wildman–Crippen LogP) is 2.60. The van der Waals surface area contributed by atoms with E-state index in [1.807, 2.05) is 30.5 Å². The van der Waals surface area contributed by atoms with E-state index < -0.39 is 0 Å². The van der Waals surface area contributed by atoms with Crippen LogP contribution < -0.4 is 5.32 Å². The average Bonchev–Trinajstić information content (AvgIpc) is 2.79. The summed E-state index contributed by atoms with van der Waals surface area (Å²) in [5.41, 5.74) is 2.20. The molecule has 84 valence electrons. The van der Waals surface area contributed by atoms with Gasteiger partial charge in [0.2, 0.25) is 0 Å². The Morgan fingerprint density at radius 1 is 1.50 bits per heavy atom. The van der Waals surface area contributed by atoms with E-state index in [0.29, 0.717) is 0 Å². The van der Waals surface area contributed by atoms with Crippen LogP contribution in [0.4, 0.5) is 5.69 Å². The SMILES string of the molecule is Cc1cccc(NC(CO)c2nccs2)c1. The second-order valence-corrected chi connectivity index (χ2v) is 4.55. The van der Waals surface area contributed by atoms with Crippen molar-refractivity contribution in [2.45, 2.75) is 13.0 Å². The third-order valence-electron chi connectivity index (χ3n) is 2.29. The molecule has 0 fully saturated rings. The summed E-state index contributed by atoms with van der Waals surface area (Å²) in [5.74, 6) is 0. The fraction of sp³-hybridized carbons (Fsp3) is 0.250. The van der Waals surface area contributed by atoms with Crippen LogP contribution >= 0.6 is 11.3 Å². The second-order valence-electron chi connectivity index (χ2n) is 3.62. The van der Waals surface area contributed by atoms with Gasteiger partial charge in [0.25, 0.3) is 0 Å². The number of rotatable bonds is 4. The third kappa shape index (κ3) is 2.59. The molecule has 0 aliphatic carbocycles. The molecular weight excluding hydrogens is 220 g/mol. The zero-order valence-corrected chi connectivity index (χ0v) is 9.87. The first kappa shape index (κ1) is 11.1. The molecule has 1 atom stereocenters. The molecule has 0 saturated heterocycles. The van der Waals surface area contributed by atoms with Crippen molar-refractivity contribution in [2.24, 2.45) is 0 Å². The van der Waals surface area contributed by atoms with Gasteiger partial charge in [-0.05, 0) is 24.6 Å². The zero-order chi connectivity index (χ0) is 11.4. The van der Waals surface area contributed by atoms with Gasteiger partial charge >= 0.3 is 0 Å². The molecule has 1 aromatic heterocycles. The summed E-state index contributed by atoms with van der Waals surface area (Å²) in [5, 5.41) is 15.4. The Balaban J connectivity index is 2.13. The molecule has 0 amide bonds. The first-order valence-electron chi connectivity index (χ1n) is 5.13. The Labute approximate surface area is 98.8 Å². The number of benzene rings is 1. The van der Waals surface area contributed by atoms with Crippen LogP contribution in [0.2, 0.25) is 0 Å². The maximum absolute atomic E-state index is 9.33. The molecule has 0 radical (unpaired) electrons. The van der Waals surface area contributed by atoms with Crippen molar-refractivity contribution in [3.63, 3.8) is 0 Å². The molecular formula is C12H14N2OS. The Hall–Kier alpha value is -1.39. The van der Waals surface area contributed by atoms with Gasteiger partial charge in [-0.25, -0.2) is 4.98 Å². The summed E-state index contributed by atoms with van der Waals surface area (Å²) in [4.78, 5) is 4.20. The Morgan fingerprint density at radius 2 is 2.38 bits per heavy atom. The molecule has 4 heteroatoms. The van der Waals surface area contributed by atoms with E-state index in [1.165, 1.54) is 5.56 Å². The van der Waals surface area contributed by atoms with E-state index in [2.05, 4.69) is 16.4 Å². The Morgan fingerprint density at radius 3 is 3.00 bits per heavy atom. The highest BCUT2D eigenvalue weighted by Gasteiger charge is 2.12. The third-order valence-corrected chi connectivity index (χ3v) is 3.18. The lowest BCUT2D eigenvalue weighted by molar-refractivity contribution is 0.276. The minimum Gasteiger partial charge on any atom is -0.394 e. The second kappa shape index (κ2) is 5.09. The number of hydrogen-bond donors (Lipinski definition) is 2. The standard InChI is InChI=1S/C12H14N2OS/c1-9-3-2-4-10(7-9)14-11(8-15)12-13-5-6-16-12/h2-7,11,14-15H,8H2,1H3. The molecule has 1 unspecified atom stereocenters. The number of nitrogens with zero attached hydrogens (tertiary/aromatic N) is 1. The molecule has 0 aliphatic rings. The zero-order valence-electron chi connectivity index (χ0n) is 9.05. The molecule has 16 heavy (non-hydrogen) atoms. The fourth-order valence-electron chi connectivity index (χ4n) is 1.53. The topological polar surface area (TPSA) is 45.1 Å². The summed E-state index contributed by atoms with van der Waals surface area (Å²) in [6.45, 7) is 2.09. The van der Waals surface area contributed by atoms with Crippen LogP contribution in [0.25, 0.3) is 0 Å². The number of aromatic nitrogens is 1. The molecule has 0 spiro atoms. The highest BCUT2D eigenvalue weighted by molar-refractivity contribution is 7.09. The number of aryl methyl sites for hydroxylation is 1. The summed E-state index contributed by atoms with van der Waals surface area (Å²) < 4.78 is 0. The van der Waals surface area contributed by atoms with Gasteiger partial charge in [-0.15, -0.1) is 11.3 Å². The quantitative estimate of drug-likeness (QED) is 0.854. The Bertz CT molecular complexity index is 442. The maximum atomic E-state index is 9.33. The minimum absolute atomic E-state index is 0.0431. The van der Waals surface area contributed by atoms with E-state index in [4.69, 9.17) is 0 Å². The van der Waals surface area contributed by atoms with Crippen molar-refractivity contribution in [1.82, 2.24) is 4.98 Å². The number of hydrogen-bond acceptors (Lipinski definition) is 4. The van der Waals surface area contributed by atoms with Gasteiger partial charge in [0.1, 0.15) is 11.0 Å². The molecule has 2 N–H and O–H groups in total. The monoisotopic (exact) mass is 234 g/mol. The lowest BCUT2D eigenvalue weighted by Gasteiger charge is -2.15. The van der Waals surface area contributed by atoms with Crippen molar-refractivity contribution < 1.29 is 5.11 Å². The van der Waals surface area contributed by atoms with Gasteiger partial charge in [0, 0.05) is 17.3 Å². The molecule has 3 nitrogen and oxygen atoms in total. The maximum Gasteiger partial charge on any atom is 0.117 e. The van der Waals surface area contributed by atoms with Crippen molar-refractivity contribution in [3.05, 3.63) is 46.4 Å². The van der Waals surface area contributed by atoms with Gasteiger partial charge in [-0.1, -0.05) is 12.1 Å². The van der Waals surface area contributed by atoms with E-state index in [0.717, 1.165) is 10.7 Å². The number of aliphatic hydroxyl groups is 1. The van der Waals surface area contributed by atoms with Gasteiger partial charge in [0.05, 0.1) is 6.61 Å². The highest BCUT2D eigenvalue weighted by atomic mass is 32.1. The summed E-state index contributed by atoms with van der Waals surface area (Å²) in [6, 6.07) is 7.96. The average molecular weight is 234 g/mol. The Kier molecular flexibility index (Phi) is 3.54. The summed E-state index contributed by atoms with van der Waals surface area (Å²) >= 11 is 1.55. The number of aliphatic hydroxyl groups excluding tert-OH is 1. The molecule has 0 aliphatic heterocycles. The van der Waals surface area contributed by atoms with Crippen LogP contribution in [-0.2, 0) is 0 Å². The van der Waals surface area contributed by atoms with Crippen LogP contribution in [0.1, 0.15) is 16.6 Å². The van der Waals surface area contributed by atoms with E-state index in [9.17, 15) is 5.11 Å². The van der Waals surface area contributed by atoms with E-state index >= 15 is 0 Å². The molecule has 0 saturated carbocycles. The normalized spacial score (nSPS) is 12.4. The van der Waals surface area contributed by atoms with E-state index in [1.54, 1.807) is 17.5 Å². The molecule has 2 rings (SSSR count). The van der Waals surface area contributed by atoms with Crippen LogP contribution in [0.15, 0.2) is 35.8 Å². The number of anilines is 1. The van der Waals surface area contributed by atoms with Gasteiger partial charge < -0.3 is 10.4 Å². The summed E-state index contributed by atoms with van der Waals surface area (Å²) in [6.07, 6.45) is 1.75.